The van der Waals surface area contributed by atoms with Crippen LogP contribution >= 0.6 is 11.6 Å². The molecule has 1 aliphatic heterocycles. The molecule has 3 nitrogen and oxygen atoms in total. The molecule has 25 heavy (non-hydrogen) atoms. The van der Waals surface area contributed by atoms with Crippen LogP contribution in [0.15, 0.2) is 30.3 Å². The van der Waals surface area contributed by atoms with Crippen LogP contribution < -0.4 is 10.1 Å². The first-order chi connectivity index (χ1) is 11.8. The molecule has 8 heteroatoms. The normalized spacial score (nSPS) is 14.0. The quantitative estimate of drug-likeness (QED) is 0.812. The molecule has 2 aromatic carbocycles. The van der Waals surface area contributed by atoms with Gasteiger partial charge in [0.2, 0.25) is 0 Å². The summed E-state index contributed by atoms with van der Waals surface area (Å²) >= 11 is 5.64. The molecule has 2 aromatic rings. The lowest BCUT2D eigenvalue weighted by molar-refractivity contribution is -0.139. The van der Waals surface area contributed by atoms with Gasteiger partial charge in [-0.05, 0) is 36.2 Å². The van der Waals surface area contributed by atoms with Gasteiger partial charge in [-0.1, -0.05) is 17.7 Å². The maximum atomic E-state index is 13.8. The lowest BCUT2D eigenvalue weighted by atomic mass is 9.96. The lowest BCUT2D eigenvalue weighted by Crippen LogP contribution is -2.32. The van der Waals surface area contributed by atoms with Crippen LogP contribution in [0.5, 0.6) is 5.75 Å². The molecule has 0 radical (unpaired) electrons. The second-order valence-electron chi connectivity index (χ2n) is 5.53. The number of hydrogen-bond donors (Lipinski definition) is 1. The predicted molar refractivity (Wildman–Crippen MR) is 83.2 cm³/mol. The molecule has 0 saturated heterocycles. The smallest absolute Gasteiger partial charge is 0.419 e. The monoisotopic (exact) mass is 373 g/mol. The van der Waals surface area contributed by atoms with Crippen molar-refractivity contribution in [2.24, 2.45) is 0 Å². The van der Waals surface area contributed by atoms with Gasteiger partial charge in [-0.2, -0.15) is 13.2 Å². The number of nitrogens with one attached hydrogen (secondary N) is 1. The molecule has 0 spiro atoms. The summed E-state index contributed by atoms with van der Waals surface area (Å²) in [5.74, 6) is -1.66. The van der Waals surface area contributed by atoms with E-state index in [4.69, 9.17) is 16.3 Å². The summed E-state index contributed by atoms with van der Waals surface area (Å²) in [7, 11) is 0. The molecule has 1 N–H and O–H groups in total. The zero-order chi connectivity index (χ0) is 18.2. The molecule has 0 unspecified atom stereocenters. The summed E-state index contributed by atoms with van der Waals surface area (Å²) in [6, 6.07) is 5.76. The highest BCUT2D eigenvalue weighted by atomic mass is 35.5. The molecule has 132 valence electrons. The average Bonchev–Trinajstić information content (AvgIpc) is 2.53. The summed E-state index contributed by atoms with van der Waals surface area (Å²) in [5, 5.41) is 2.73. The van der Waals surface area contributed by atoms with Crippen molar-refractivity contribution in [2.45, 2.75) is 19.2 Å². The van der Waals surface area contributed by atoms with Crippen LogP contribution in [0, 0.1) is 5.82 Å². The Morgan fingerprint density at radius 2 is 1.96 bits per heavy atom. The Morgan fingerprint density at radius 1 is 1.20 bits per heavy atom. The van der Waals surface area contributed by atoms with E-state index in [1.54, 1.807) is 0 Å². The topological polar surface area (TPSA) is 38.3 Å². The third-order valence-corrected chi connectivity index (χ3v) is 4.07. The van der Waals surface area contributed by atoms with Gasteiger partial charge in [-0.25, -0.2) is 4.39 Å². The van der Waals surface area contributed by atoms with E-state index in [9.17, 15) is 22.4 Å². The zero-order valence-corrected chi connectivity index (χ0v) is 13.5. The number of hydrogen-bond acceptors (Lipinski definition) is 2. The van der Waals surface area contributed by atoms with Gasteiger partial charge in [0.05, 0.1) is 5.56 Å². The number of amides is 1. The van der Waals surface area contributed by atoms with Gasteiger partial charge >= 0.3 is 6.18 Å². The van der Waals surface area contributed by atoms with E-state index in [1.807, 2.05) is 0 Å². The Bertz CT molecular complexity index is 836. The van der Waals surface area contributed by atoms with E-state index in [0.29, 0.717) is 12.0 Å². The van der Waals surface area contributed by atoms with Gasteiger partial charge in [-0.15, -0.1) is 0 Å². The summed E-state index contributed by atoms with van der Waals surface area (Å²) in [5.41, 5.74) is -0.498. The predicted octanol–water partition coefficient (Wildman–Crippen LogP) is 4.36. The minimum Gasteiger partial charge on any atom is -0.488 e. The third kappa shape index (κ3) is 3.71. The fourth-order valence-corrected chi connectivity index (χ4v) is 2.74. The van der Waals surface area contributed by atoms with E-state index >= 15 is 0 Å². The molecular weight excluding hydrogens is 362 g/mol. The largest absolute Gasteiger partial charge is 0.488 e. The Labute approximate surface area is 145 Å². The Hall–Kier alpha value is -2.28. The number of carbonyl (C=O) groups excluding carboxylic acids is 1. The highest BCUT2D eigenvalue weighted by Gasteiger charge is 2.36. The van der Waals surface area contributed by atoms with Gasteiger partial charge in [0, 0.05) is 22.7 Å². The van der Waals surface area contributed by atoms with E-state index in [2.05, 4.69) is 5.32 Å². The van der Waals surface area contributed by atoms with Crippen molar-refractivity contribution in [3.63, 3.8) is 0 Å². The number of ether oxygens (including phenoxy) is 1. The molecule has 1 amide bonds. The fourth-order valence-electron chi connectivity index (χ4n) is 2.58. The summed E-state index contributed by atoms with van der Waals surface area (Å²) in [6.07, 6.45) is -4.35. The van der Waals surface area contributed by atoms with E-state index in [0.717, 1.165) is 18.2 Å². The molecular formula is C17H12ClF4NO2. The lowest BCUT2D eigenvalue weighted by Gasteiger charge is -2.21. The van der Waals surface area contributed by atoms with Gasteiger partial charge in [-0.3, -0.25) is 4.79 Å². The van der Waals surface area contributed by atoms with Crippen LogP contribution in [0.1, 0.15) is 27.0 Å². The SMILES string of the molecule is O=C1NCCc2cc(C(F)(F)F)c(OCc3ccc(Cl)cc3F)cc21. The van der Waals surface area contributed by atoms with E-state index in [-0.39, 0.29) is 22.7 Å². The maximum Gasteiger partial charge on any atom is 0.419 e. The summed E-state index contributed by atoms with van der Waals surface area (Å²) in [6.45, 7) is -0.147. The number of benzene rings is 2. The van der Waals surface area contributed by atoms with Gasteiger partial charge in [0.15, 0.2) is 0 Å². The van der Waals surface area contributed by atoms with Crippen molar-refractivity contribution in [3.8, 4) is 5.75 Å². The Morgan fingerprint density at radius 3 is 2.64 bits per heavy atom. The van der Waals surface area contributed by atoms with Crippen molar-refractivity contribution in [1.29, 1.82) is 0 Å². The number of halogens is 5. The van der Waals surface area contributed by atoms with E-state index in [1.165, 1.54) is 12.1 Å². The fraction of sp³-hybridized carbons (Fsp3) is 0.235. The first kappa shape index (κ1) is 17.5. The van der Waals surface area contributed by atoms with E-state index < -0.39 is 35.8 Å². The number of fused-ring (bicyclic) bond motifs is 1. The second kappa shape index (κ2) is 6.55. The molecule has 0 fully saturated rings. The Balaban J connectivity index is 1.96. The maximum absolute atomic E-state index is 13.8. The van der Waals surface area contributed by atoms with Crippen LogP contribution in [0.4, 0.5) is 17.6 Å². The van der Waals surface area contributed by atoms with Gasteiger partial charge in [0.25, 0.3) is 5.91 Å². The number of rotatable bonds is 3. The molecule has 0 aromatic heterocycles. The summed E-state index contributed by atoms with van der Waals surface area (Å²) < 4.78 is 58.9. The van der Waals surface area contributed by atoms with Crippen LogP contribution in [0.3, 0.4) is 0 Å². The first-order valence-electron chi connectivity index (χ1n) is 7.35. The molecule has 0 saturated carbocycles. The highest BCUT2D eigenvalue weighted by molar-refractivity contribution is 6.30. The molecule has 1 aliphatic rings. The molecule has 0 aliphatic carbocycles. The number of carbonyl (C=O) groups is 1. The Kier molecular flexibility index (Phi) is 4.60. The number of alkyl halides is 3. The van der Waals surface area contributed by atoms with Crippen molar-refractivity contribution in [3.05, 3.63) is 63.4 Å². The minimum atomic E-state index is -4.66. The van der Waals surface area contributed by atoms with Crippen molar-refractivity contribution < 1.29 is 27.1 Å². The van der Waals surface area contributed by atoms with Crippen LogP contribution in [0.2, 0.25) is 5.02 Å². The second-order valence-corrected chi connectivity index (χ2v) is 5.97. The molecule has 0 bridgehead atoms. The molecule has 3 rings (SSSR count). The van der Waals surface area contributed by atoms with Gasteiger partial charge in [0.1, 0.15) is 18.2 Å². The van der Waals surface area contributed by atoms with Crippen molar-refractivity contribution in [1.82, 2.24) is 5.32 Å². The van der Waals surface area contributed by atoms with Crippen molar-refractivity contribution >= 4 is 17.5 Å². The highest BCUT2D eigenvalue weighted by Crippen LogP contribution is 2.39. The first-order valence-corrected chi connectivity index (χ1v) is 7.72. The third-order valence-electron chi connectivity index (χ3n) is 3.83. The minimum absolute atomic E-state index is 0.0553. The van der Waals surface area contributed by atoms with Crippen LogP contribution in [-0.2, 0) is 19.2 Å². The standard InChI is InChI=1S/C17H12ClF4NO2/c18-11-2-1-10(14(19)6-11)8-25-15-7-12-9(3-4-23-16(12)24)5-13(15)17(20,21)22/h1-2,5-7H,3-4,8H2,(H,23,24). The zero-order valence-electron chi connectivity index (χ0n) is 12.7. The average molecular weight is 374 g/mol. The van der Waals surface area contributed by atoms with Gasteiger partial charge < -0.3 is 10.1 Å². The summed E-state index contributed by atoms with van der Waals surface area (Å²) in [4.78, 5) is 11.8. The van der Waals surface area contributed by atoms with Crippen molar-refractivity contribution in [2.75, 3.05) is 6.54 Å². The van der Waals surface area contributed by atoms with Crippen LogP contribution in [-0.4, -0.2) is 12.5 Å². The molecule has 1 heterocycles. The molecule has 0 atom stereocenters. The van der Waals surface area contributed by atoms with Crippen LogP contribution in [0.25, 0.3) is 0 Å².